The predicted molar refractivity (Wildman–Crippen MR) is 40.7 cm³/mol. The van der Waals surface area contributed by atoms with Crippen LogP contribution in [0.3, 0.4) is 0 Å². The highest BCUT2D eigenvalue weighted by Gasteiger charge is 2.07. The maximum absolute atomic E-state index is 12.0. The fraction of sp³-hybridized carbons (Fsp3) is 0.143. The largest absolute Gasteiger partial charge is 0.264 e. The Bertz CT molecular complexity index is 223. The summed E-state index contributed by atoms with van der Waals surface area (Å²) in [6.07, 6.45) is -2.37. The molecule has 3 heteroatoms. The van der Waals surface area contributed by atoms with E-state index in [1.165, 1.54) is 6.07 Å². The summed E-state index contributed by atoms with van der Waals surface area (Å²) in [4.78, 5) is 0. The molecule has 1 rings (SSSR count). The van der Waals surface area contributed by atoms with Crippen LogP contribution in [0.1, 0.15) is 12.0 Å². The first-order valence-electron chi connectivity index (χ1n) is 2.84. The molecular formula is C7H7F2P. The van der Waals surface area contributed by atoms with E-state index in [1.54, 1.807) is 18.2 Å². The minimum Gasteiger partial charge on any atom is -0.205 e. The number of alkyl halides is 2. The quantitative estimate of drug-likeness (QED) is 0.552. The van der Waals surface area contributed by atoms with E-state index < -0.39 is 6.43 Å². The highest BCUT2D eigenvalue weighted by Crippen LogP contribution is 2.17. The molecule has 1 atom stereocenters. The molecular weight excluding hydrogens is 153 g/mol. The van der Waals surface area contributed by atoms with E-state index in [4.69, 9.17) is 0 Å². The topological polar surface area (TPSA) is 0 Å². The van der Waals surface area contributed by atoms with Crippen LogP contribution in [-0.2, 0) is 0 Å². The van der Waals surface area contributed by atoms with Crippen LogP contribution in [0.5, 0.6) is 0 Å². The van der Waals surface area contributed by atoms with Gasteiger partial charge in [0.05, 0.1) is 0 Å². The van der Waals surface area contributed by atoms with Gasteiger partial charge in [0.1, 0.15) is 0 Å². The van der Waals surface area contributed by atoms with Gasteiger partial charge in [-0.05, 0) is 5.30 Å². The van der Waals surface area contributed by atoms with E-state index in [1.807, 2.05) is 0 Å². The number of rotatable bonds is 1. The maximum Gasteiger partial charge on any atom is 0.264 e. The van der Waals surface area contributed by atoms with Gasteiger partial charge >= 0.3 is 0 Å². The van der Waals surface area contributed by atoms with Crippen LogP contribution < -0.4 is 5.30 Å². The zero-order valence-corrected chi connectivity index (χ0v) is 6.37. The van der Waals surface area contributed by atoms with Gasteiger partial charge in [0.2, 0.25) is 0 Å². The molecule has 0 heterocycles. The van der Waals surface area contributed by atoms with Gasteiger partial charge < -0.3 is 0 Å². The molecule has 0 bridgehead atoms. The van der Waals surface area contributed by atoms with Crippen molar-refractivity contribution < 1.29 is 8.78 Å². The van der Waals surface area contributed by atoms with Crippen molar-refractivity contribution >= 4 is 14.5 Å². The SMILES string of the molecule is FC(F)c1ccccc1P. The first-order chi connectivity index (χ1) is 4.72. The van der Waals surface area contributed by atoms with Crippen molar-refractivity contribution in [3.05, 3.63) is 29.8 Å². The number of hydrogen-bond donors (Lipinski definition) is 0. The molecule has 1 aromatic carbocycles. The zero-order valence-electron chi connectivity index (χ0n) is 5.22. The Balaban J connectivity index is 3.03. The summed E-state index contributed by atoms with van der Waals surface area (Å²) in [6.45, 7) is 0. The van der Waals surface area contributed by atoms with Crippen molar-refractivity contribution in [1.29, 1.82) is 0 Å². The van der Waals surface area contributed by atoms with Crippen molar-refractivity contribution in [3.8, 4) is 0 Å². The van der Waals surface area contributed by atoms with Crippen molar-refractivity contribution in [2.75, 3.05) is 0 Å². The van der Waals surface area contributed by atoms with Crippen molar-refractivity contribution in [1.82, 2.24) is 0 Å². The van der Waals surface area contributed by atoms with Crippen LogP contribution in [0.25, 0.3) is 0 Å². The Morgan fingerprint density at radius 1 is 1.20 bits per heavy atom. The first-order valence-corrected chi connectivity index (χ1v) is 3.42. The lowest BCUT2D eigenvalue weighted by atomic mass is 10.2. The molecule has 0 aliphatic rings. The molecule has 0 amide bonds. The van der Waals surface area contributed by atoms with Gasteiger partial charge in [-0.2, -0.15) is 0 Å². The average Bonchev–Trinajstić information content (AvgIpc) is 1.88. The number of halogens is 2. The lowest BCUT2D eigenvalue weighted by Gasteiger charge is -2.01. The summed E-state index contributed by atoms with van der Waals surface area (Å²) in [5.41, 5.74) is 0.0903. The van der Waals surface area contributed by atoms with Gasteiger partial charge in [0.25, 0.3) is 6.43 Å². The smallest absolute Gasteiger partial charge is 0.205 e. The molecule has 1 unspecified atom stereocenters. The molecule has 10 heavy (non-hydrogen) atoms. The summed E-state index contributed by atoms with van der Waals surface area (Å²) in [5, 5.41) is 0.567. The molecule has 0 saturated heterocycles. The highest BCUT2D eigenvalue weighted by molar-refractivity contribution is 7.27. The van der Waals surface area contributed by atoms with Crippen LogP contribution in [0.4, 0.5) is 8.78 Å². The summed E-state index contributed by atoms with van der Waals surface area (Å²) in [5.74, 6) is 0. The molecule has 0 spiro atoms. The standard InChI is InChI=1S/C7H7F2P/c8-7(9)5-3-1-2-4-6(5)10/h1-4,7H,10H2. The Hall–Kier alpha value is -0.490. The molecule has 0 nitrogen and oxygen atoms in total. The number of hydrogen-bond acceptors (Lipinski definition) is 0. The second-order valence-electron chi connectivity index (χ2n) is 1.93. The second kappa shape index (κ2) is 3.07. The van der Waals surface area contributed by atoms with Crippen molar-refractivity contribution in [2.45, 2.75) is 6.43 Å². The summed E-state index contributed by atoms with van der Waals surface area (Å²) in [6, 6.07) is 6.41. The lowest BCUT2D eigenvalue weighted by Crippen LogP contribution is -1.99. The first kappa shape index (κ1) is 7.62. The van der Waals surface area contributed by atoms with Crippen molar-refractivity contribution in [2.24, 2.45) is 0 Å². The van der Waals surface area contributed by atoms with Crippen molar-refractivity contribution in [3.63, 3.8) is 0 Å². The van der Waals surface area contributed by atoms with E-state index in [-0.39, 0.29) is 5.56 Å². The number of benzene rings is 1. The zero-order chi connectivity index (χ0) is 7.56. The van der Waals surface area contributed by atoms with Crippen LogP contribution in [0.2, 0.25) is 0 Å². The molecule has 0 radical (unpaired) electrons. The predicted octanol–water partition coefficient (Wildman–Crippen LogP) is 2.12. The molecule has 0 aromatic heterocycles. The molecule has 0 aliphatic carbocycles. The Kier molecular flexibility index (Phi) is 2.34. The second-order valence-corrected chi connectivity index (χ2v) is 2.55. The van der Waals surface area contributed by atoms with Gasteiger partial charge in [-0.3, -0.25) is 0 Å². The fourth-order valence-corrected chi connectivity index (χ4v) is 1.04. The summed E-state index contributed by atoms with van der Waals surface area (Å²) < 4.78 is 24.0. The Morgan fingerprint density at radius 3 is 2.20 bits per heavy atom. The van der Waals surface area contributed by atoms with Crippen LogP contribution in [0, 0.1) is 0 Å². The molecule has 0 saturated carbocycles. The van der Waals surface area contributed by atoms with Crippen LogP contribution >= 0.6 is 9.24 Å². The monoisotopic (exact) mass is 160 g/mol. The molecule has 0 aliphatic heterocycles. The fourth-order valence-electron chi connectivity index (χ4n) is 0.710. The van der Waals surface area contributed by atoms with E-state index in [0.29, 0.717) is 5.30 Å². The summed E-state index contributed by atoms with van der Waals surface area (Å²) in [7, 11) is 2.28. The Labute approximate surface area is 60.5 Å². The van der Waals surface area contributed by atoms with Crippen LogP contribution in [-0.4, -0.2) is 0 Å². The average molecular weight is 160 g/mol. The van der Waals surface area contributed by atoms with E-state index in [2.05, 4.69) is 9.24 Å². The maximum atomic E-state index is 12.0. The molecule has 54 valence electrons. The molecule has 1 aromatic rings. The summed E-state index contributed by atoms with van der Waals surface area (Å²) >= 11 is 0. The van der Waals surface area contributed by atoms with E-state index in [9.17, 15) is 8.78 Å². The third-order valence-corrected chi connectivity index (χ3v) is 1.76. The van der Waals surface area contributed by atoms with Crippen LogP contribution in [0.15, 0.2) is 24.3 Å². The highest BCUT2D eigenvalue weighted by atomic mass is 31.0. The molecule has 0 N–H and O–H groups in total. The minimum absolute atomic E-state index is 0.0903. The third-order valence-electron chi connectivity index (χ3n) is 1.23. The van der Waals surface area contributed by atoms with Gasteiger partial charge in [-0.1, -0.05) is 24.3 Å². The minimum atomic E-state index is -2.37. The normalized spacial score (nSPS) is 10.4. The van der Waals surface area contributed by atoms with Gasteiger partial charge in [0, 0.05) is 5.56 Å². The third kappa shape index (κ3) is 1.51. The molecule has 0 fully saturated rings. The van der Waals surface area contributed by atoms with E-state index in [0.717, 1.165) is 0 Å². The van der Waals surface area contributed by atoms with Gasteiger partial charge in [-0.25, -0.2) is 8.78 Å². The Morgan fingerprint density at radius 2 is 1.80 bits per heavy atom. The van der Waals surface area contributed by atoms with E-state index >= 15 is 0 Å². The van der Waals surface area contributed by atoms with Gasteiger partial charge in [-0.15, -0.1) is 9.24 Å². The lowest BCUT2D eigenvalue weighted by molar-refractivity contribution is 0.152. The van der Waals surface area contributed by atoms with Gasteiger partial charge in [0.15, 0.2) is 0 Å².